The minimum absolute atomic E-state index is 0.123. The first-order chi connectivity index (χ1) is 8.00. The lowest BCUT2D eigenvalue weighted by atomic mass is 10.1. The number of halogens is 2. The van der Waals surface area contributed by atoms with E-state index in [-0.39, 0.29) is 6.54 Å². The van der Waals surface area contributed by atoms with Crippen LogP contribution in [0.3, 0.4) is 0 Å². The van der Waals surface area contributed by atoms with E-state index in [1.165, 1.54) is 6.07 Å². The Morgan fingerprint density at radius 2 is 2.00 bits per heavy atom. The van der Waals surface area contributed by atoms with Crippen molar-refractivity contribution in [2.75, 3.05) is 13.2 Å². The van der Waals surface area contributed by atoms with Gasteiger partial charge in [0.15, 0.2) is 11.6 Å². The van der Waals surface area contributed by atoms with Gasteiger partial charge in [0.1, 0.15) is 0 Å². The van der Waals surface area contributed by atoms with E-state index in [1.54, 1.807) is 0 Å². The second-order valence-electron chi connectivity index (χ2n) is 4.24. The van der Waals surface area contributed by atoms with Crippen LogP contribution < -0.4 is 5.48 Å². The molecule has 2 N–H and O–H groups in total. The number of aliphatic hydroxyl groups excluding tert-OH is 1. The summed E-state index contributed by atoms with van der Waals surface area (Å²) in [5, 5.41) is 9.67. The lowest BCUT2D eigenvalue weighted by molar-refractivity contribution is 0.000279. The smallest absolute Gasteiger partial charge is 0.159 e. The van der Waals surface area contributed by atoms with Gasteiger partial charge in [-0.25, -0.2) is 8.78 Å². The summed E-state index contributed by atoms with van der Waals surface area (Å²) >= 11 is 0. The van der Waals surface area contributed by atoms with Gasteiger partial charge in [-0.05, 0) is 23.6 Å². The highest BCUT2D eigenvalue weighted by Gasteiger charge is 2.10. The van der Waals surface area contributed by atoms with Crippen molar-refractivity contribution < 1.29 is 18.7 Å². The first-order valence-electron chi connectivity index (χ1n) is 5.48. The molecule has 5 heteroatoms. The Labute approximate surface area is 99.4 Å². The van der Waals surface area contributed by atoms with Crippen molar-refractivity contribution in [3.05, 3.63) is 35.4 Å². The zero-order chi connectivity index (χ0) is 12.8. The highest BCUT2D eigenvalue weighted by Crippen LogP contribution is 2.15. The van der Waals surface area contributed by atoms with E-state index in [0.717, 1.165) is 12.1 Å². The zero-order valence-corrected chi connectivity index (χ0v) is 9.91. The Bertz CT molecular complexity index is 358. The molecular weight excluding hydrogens is 228 g/mol. The third kappa shape index (κ3) is 4.77. The van der Waals surface area contributed by atoms with E-state index >= 15 is 0 Å². The zero-order valence-electron chi connectivity index (χ0n) is 9.91. The monoisotopic (exact) mass is 245 g/mol. The predicted octanol–water partition coefficient (Wildman–Crippen LogP) is 2.18. The molecule has 0 aromatic heterocycles. The Balaban J connectivity index is 2.41. The summed E-state index contributed by atoms with van der Waals surface area (Å²) in [6.07, 6.45) is -0.933. The fourth-order valence-electron chi connectivity index (χ4n) is 1.20. The van der Waals surface area contributed by atoms with E-state index < -0.39 is 17.7 Å². The van der Waals surface area contributed by atoms with Crippen LogP contribution in [0.4, 0.5) is 8.78 Å². The number of rotatable bonds is 6. The highest BCUT2D eigenvalue weighted by molar-refractivity contribution is 5.20. The first-order valence-corrected chi connectivity index (χ1v) is 5.48. The summed E-state index contributed by atoms with van der Waals surface area (Å²) in [4.78, 5) is 5.06. The van der Waals surface area contributed by atoms with Gasteiger partial charge in [-0.3, -0.25) is 0 Å². The standard InChI is InChI=1S/C12H17F2NO2/c1-8(2)7-17-15-6-12(16)9-3-4-10(13)11(14)5-9/h3-5,8,12,15-16H,6-7H2,1-2H3. The fraction of sp³-hybridized carbons (Fsp3) is 0.500. The van der Waals surface area contributed by atoms with Gasteiger partial charge in [0.2, 0.25) is 0 Å². The van der Waals surface area contributed by atoms with Crippen molar-refractivity contribution in [2.45, 2.75) is 20.0 Å². The van der Waals surface area contributed by atoms with E-state index in [2.05, 4.69) is 5.48 Å². The molecule has 1 aromatic rings. The molecule has 0 spiro atoms. The Hall–Kier alpha value is -1.04. The number of hydroxylamine groups is 1. The molecule has 0 aliphatic carbocycles. The van der Waals surface area contributed by atoms with Crippen LogP contribution in [-0.2, 0) is 4.84 Å². The molecule has 0 bridgehead atoms. The summed E-state index contributed by atoms with van der Waals surface area (Å²) in [5.41, 5.74) is 2.89. The number of benzene rings is 1. The van der Waals surface area contributed by atoms with Crippen molar-refractivity contribution in [1.29, 1.82) is 0 Å². The van der Waals surface area contributed by atoms with Crippen molar-refractivity contribution in [3.63, 3.8) is 0 Å². The maximum Gasteiger partial charge on any atom is 0.159 e. The molecule has 0 radical (unpaired) electrons. The van der Waals surface area contributed by atoms with E-state index in [9.17, 15) is 13.9 Å². The number of nitrogens with one attached hydrogen (secondary N) is 1. The largest absolute Gasteiger partial charge is 0.387 e. The summed E-state index contributed by atoms with van der Waals surface area (Å²) < 4.78 is 25.6. The Morgan fingerprint density at radius 1 is 1.29 bits per heavy atom. The highest BCUT2D eigenvalue weighted by atomic mass is 19.2. The van der Waals surface area contributed by atoms with Gasteiger partial charge in [-0.2, -0.15) is 5.48 Å². The molecular formula is C12H17F2NO2. The minimum Gasteiger partial charge on any atom is -0.387 e. The van der Waals surface area contributed by atoms with E-state index in [1.807, 2.05) is 13.8 Å². The minimum atomic E-state index is -0.968. The maximum atomic E-state index is 12.9. The molecule has 3 nitrogen and oxygen atoms in total. The number of aliphatic hydroxyl groups is 1. The average Bonchev–Trinajstić information content (AvgIpc) is 2.27. The van der Waals surface area contributed by atoms with Crippen LogP contribution in [0.5, 0.6) is 0 Å². The molecule has 0 aliphatic heterocycles. The van der Waals surface area contributed by atoms with Crippen LogP contribution in [0.15, 0.2) is 18.2 Å². The molecule has 0 saturated carbocycles. The quantitative estimate of drug-likeness (QED) is 0.596. The normalized spacial score (nSPS) is 13.1. The molecule has 0 amide bonds. The molecule has 1 rings (SSSR count). The molecule has 0 aliphatic rings. The summed E-state index contributed by atoms with van der Waals surface area (Å²) in [6.45, 7) is 4.63. The van der Waals surface area contributed by atoms with Crippen LogP contribution in [0.25, 0.3) is 0 Å². The predicted molar refractivity (Wildman–Crippen MR) is 60.1 cm³/mol. The molecule has 1 atom stereocenters. The maximum absolute atomic E-state index is 12.9. The SMILES string of the molecule is CC(C)CONCC(O)c1ccc(F)c(F)c1. The first kappa shape index (κ1) is 14.0. The lowest BCUT2D eigenvalue weighted by Crippen LogP contribution is -2.23. The number of hydrogen-bond donors (Lipinski definition) is 2. The fourth-order valence-corrected chi connectivity index (χ4v) is 1.20. The number of hydrogen-bond acceptors (Lipinski definition) is 3. The topological polar surface area (TPSA) is 41.5 Å². The van der Waals surface area contributed by atoms with Crippen molar-refractivity contribution in [2.24, 2.45) is 5.92 Å². The second kappa shape index (κ2) is 6.64. The molecule has 0 saturated heterocycles. The molecule has 1 unspecified atom stereocenters. The van der Waals surface area contributed by atoms with E-state index in [4.69, 9.17) is 4.84 Å². The summed E-state index contributed by atoms with van der Waals surface area (Å²) in [7, 11) is 0. The summed E-state index contributed by atoms with van der Waals surface area (Å²) in [6, 6.07) is 3.31. The van der Waals surface area contributed by atoms with Gasteiger partial charge in [-0.1, -0.05) is 19.9 Å². The van der Waals surface area contributed by atoms with Crippen molar-refractivity contribution in [3.8, 4) is 0 Å². The van der Waals surface area contributed by atoms with Crippen LogP contribution in [-0.4, -0.2) is 18.3 Å². The van der Waals surface area contributed by atoms with Crippen LogP contribution >= 0.6 is 0 Å². The average molecular weight is 245 g/mol. The Morgan fingerprint density at radius 3 is 2.59 bits per heavy atom. The van der Waals surface area contributed by atoms with Crippen LogP contribution in [0.1, 0.15) is 25.5 Å². The lowest BCUT2D eigenvalue weighted by Gasteiger charge is -2.13. The molecule has 96 valence electrons. The third-order valence-corrected chi connectivity index (χ3v) is 2.12. The van der Waals surface area contributed by atoms with Gasteiger partial charge < -0.3 is 9.94 Å². The Kier molecular flexibility index (Phi) is 5.47. The van der Waals surface area contributed by atoms with Gasteiger partial charge in [0, 0.05) is 0 Å². The summed E-state index contributed by atoms with van der Waals surface area (Å²) in [5.74, 6) is -1.52. The van der Waals surface area contributed by atoms with Crippen molar-refractivity contribution in [1.82, 2.24) is 5.48 Å². The third-order valence-electron chi connectivity index (χ3n) is 2.12. The van der Waals surface area contributed by atoms with Gasteiger partial charge in [0.25, 0.3) is 0 Å². The van der Waals surface area contributed by atoms with Crippen molar-refractivity contribution >= 4 is 0 Å². The van der Waals surface area contributed by atoms with Gasteiger partial charge in [-0.15, -0.1) is 0 Å². The van der Waals surface area contributed by atoms with Gasteiger partial charge in [0.05, 0.1) is 19.3 Å². The second-order valence-corrected chi connectivity index (χ2v) is 4.24. The molecule has 0 heterocycles. The van der Waals surface area contributed by atoms with Crippen LogP contribution in [0.2, 0.25) is 0 Å². The molecule has 1 aromatic carbocycles. The van der Waals surface area contributed by atoms with E-state index in [0.29, 0.717) is 18.1 Å². The molecule has 0 fully saturated rings. The van der Waals surface area contributed by atoms with Gasteiger partial charge >= 0.3 is 0 Å². The van der Waals surface area contributed by atoms with Crippen LogP contribution in [0, 0.1) is 17.6 Å². The molecule has 17 heavy (non-hydrogen) atoms.